The van der Waals surface area contributed by atoms with Gasteiger partial charge in [-0.25, -0.2) is 18.5 Å². The van der Waals surface area contributed by atoms with Crippen LogP contribution in [0.25, 0.3) is 10.4 Å². The molecule has 0 spiro atoms. The highest BCUT2D eigenvalue weighted by atomic mass is 32.2. The molecule has 5 N–H and O–H groups in total. The summed E-state index contributed by atoms with van der Waals surface area (Å²) < 4.78 is 39.7. The second-order valence-electron chi connectivity index (χ2n) is 14.9. The molecule has 1 saturated heterocycles. The second kappa shape index (κ2) is 20.9. The van der Waals surface area contributed by atoms with Crippen LogP contribution < -0.4 is 21.1 Å². The quantitative estimate of drug-likeness (QED) is 0.0641. The van der Waals surface area contributed by atoms with Crippen LogP contribution in [0.15, 0.2) is 52.9 Å². The fourth-order valence-electron chi connectivity index (χ4n) is 6.34. The van der Waals surface area contributed by atoms with Gasteiger partial charge in [-0.1, -0.05) is 52.0 Å². The number of carbonyl (C=O) groups excluding carboxylic acids is 2. The largest absolute Gasteiger partial charge is 0.379 e. The van der Waals surface area contributed by atoms with E-state index >= 15 is 0 Å². The third-order valence-electron chi connectivity index (χ3n) is 9.25. The van der Waals surface area contributed by atoms with Gasteiger partial charge in [-0.3, -0.25) is 19.7 Å². The number of nitro groups is 1. The number of aryl methyl sites for hydroxylation is 1. The zero-order chi connectivity index (χ0) is 40.9. The van der Waals surface area contributed by atoms with Crippen LogP contribution in [-0.4, -0.2) is 106 Å². The van der Waals surface area contributed by atoms with Crippen LogP contribution in [0.4, 0.5) is 11.4 Å². The monoisotopic (exact) mass is 817 g/mol. The number of primary sulfonamides is 1. The molecule has 3 aromatic rings. The summed E-state index contributed by atoms with van der Waals surface area (Å²) in [6.45, 7) is 14.0. The van der Waals surface area contributed by atoms with E-state index in [0.29, 0.717) is 65.5 Å². The Balaban J connectivity index is 1.10. The fourth-order valence-corrected chi connectivity index (χ4v) is 7.68. The number of hydrogen-bond acceptors (Lipinski definition) is 13. The highest BCUT2D eigenvalue weighted by Crippen LogP contribution is 2.30. The number of aromatic nitrogens is 1. The Morgan fingerprint density at radius 3 is 2.30 bits per heavy atom. The number of hydrogen-bond donors (Lipinski definition) is 4. The van der Waals surface area contributed by atoms with E-state index in [0.717, 1.165) is 27.8 Å². The molecule has 308 valence electrons. The highest BCUT2D eigenvalue weighted by Gasteiger charge is 2.43. The summed E-state index contributed by atoms with van der Waals surface area (Å²) in [7, 11) is -4.06. The molecule has 1 fully saturated rings. The average molecular weight is 818 g/mol. The van der Waals surface area contributed by atoms with Crippen LogP contribution in [0, 0.1) is 28.4 Å². The molecule has 1 aromatic heterocycles. The molecule has 18 heteroatoms. The van der Waals surface area contributed by atoms with E-state index in [2.05, 4.69) is 27.9 Å². The van der Waals surface area contributed by atoms with E-state index < -0.39 is 32.7 Å². The van der Waals surface area contributed by atoms with Crippen LogP contribution in [0.2, 0.25) is 0 Å². The molecule has 16 nitrogen and oxygen atoms in total. The van der Waals surface area contributed by atoms with E-state index in [9.17, 15) is 28.1 Å². The molecular weight excluding hydrogens is 763 g/mol. The van der Waals surface area contributed by atoms with Crippen molar-refractivity contribution >= 4 is 44.5 Å². The van der Waals surface area contributed by atoms with Crippen molar-refractivity contribution in [1.29, 1.82) is 0 Å². The lowest BCUT2D eigenvalue weighted by Gasteiger charge is -2.35. The van der Waals surface area contributed by atoms with E-state index in [1.807, 2.05) is 57.5 Å². The molecule has 2 heterocycles. The van der Waals surface area contributed by atoms with Gasteiger partial charge >= 0.3 is 0 Å². The standard InChI is InChI=1S/C38H55N7O9S2/c1-26-21-33(36(46)42-23-28-7-9-29(10-8-28)34-27(2)43-25-55-34)44(24-26)37(47)35(38(3,4)5)41-13-6-15-52-17-19-54-20-18-53-16-14-40-31-12-11-30(56(39,50)51)22-32(31)45(48)49/h7-12,22,25-26,33,35,40-41H,6,13-21,23-24H2,1-5H3,(H,42,46)(H2,39,50,51)/t26-,33+,35-/m1/s1. The van der Waals surface area contributed by atoms with E-state index in [1.54, 1.807) is 16.2 Å². The summed E-state index contributed by atoms with van der Waals surface area (Å²) >= 11 is 1.60. The zero-order valence-electron chi connectivity index (χ0n) is 32.7. The SMILES string of the molecule is Cc1ncsc1-c1ccc(CNC(=O)[C@@H]2C[C@@H](C)CN2C(=O)[C@@H](NCCCOCCOCCOCCNc2ccc(S(N)(=O)=O)cc2[N+](=O)[O-])C(C)(C)C)cc1. The molecule has 2 amide bonds. The van der Waals surface area contributed by atoms with E-state index in [-0.39, 0.29) is 46.9 Å². The first kappa shape index (κ1) is 44.7. The van der Waals surface area contributed by atoms with Gasteiger partial charge in [0.15, 0.2) is 0 Å². The highest BCUT2D eigenvalue weighted by molar-refractivity contribution is 7.89. The molecule has 0 unspecified atom stereocenters. The fraction of sp³-hybridized carbons (Fsp3) is 0.553. The van der Waals surface area contributed by atoms with Crippen LogP contribution >= 0.6 is 11.3 Å². The smallest absolute Gasteiger partial charge is 0.293 e. The minimum Gasteiger partial charge on any atom is -0.379 e. The molecule has 0 saturated carbocycles. The minimum absolute atomic E-state index is 0.0706. The van der Waals surface area contributed by atoms with E-state index in [4.69, 9.17) is 19.3 Å². The number of carbonyl (C=O) groups is 2. The first-order valence-corrected chi connectivity index (χ1v) is 21.1. The number of thiazole rings is 1. The van der Waals surface area contributed by atoms with Gasteiger partial charge in [-0.2, -0.15) is 0 Å². The first-order chi connectivity index (χ1) is 26.6. The van der Waals surface area contributed by atoms with Crippen molar-refractivity contribution in [1.82, 2.24) is 20.5 Å². The van der Waals surface area contributed by atoms with Crippen molar-refractivity contribution in [2.45, 2.75) is 71.0 Å². The van der Waals surface area contributed by atoms with Crippen molar-refractivity contribution in [2.24, 2.45) is 16.5 Å². The molecule has 56 heavy (non-hydrogen) atoms. The Morgan fingerprint density at radius 2 is 1.70 bits per heavy atom. The number of ether oxygens (including phenoxy) is 3. The summed E-state index contributed by atoms with van der Waals surface area (Å²) in [4.78, 5) is 44.9. The average Bonchev–Trinajstić information content (AvgIpc) is 3.76. The predicted octanol–water partition coefficient (Wildman–Crippen LogP) is 4.08. The molecule has 1 aliphatic rings. The Kier molecular flexibility index (Phi) is 16.7. The molecule has 3 atom stereocenters. The van der Waals surface area contributed by atoms with Crippen LogP contribution in [0.5, 0.6) is 0 Å². The third kappa shape index (κ3) is 13.3. The maximum absolute atomic E-state index is 14.0. The molecule has 2 aromatic carbocycles. The number of nitrogens with one attached hydrogen (secondary N) is 3. The van der Waals surface area contributed by atoms with Crippen molar-refractivity contribution in [3.8, 4) is 10.4 Å². The maximum Gasteiger partial charge on any atom is 0.293 e. The Hall–Kier alpha value is -4.04. The van der Waals surface area contributed by atoms with Crippen molar-refractivity contribution in [3.05, 3.63) is 69.3 Å². The predicted molar refractivity (Wildman–Crippen MR) is 215 cm³/mol. The number of benzene rings is 2. The number of nitrogens with zero attached hydrogens (tertiary/aromatic N) is 3. The zero-order valence-corrected chi connectivity index (χ0v) is 34.4. The van der Waals surface area contributed by atoms with Crippen LogP contribution in [0.1, 0.15) is 51.8 Å². The van der Waals surface area contributed by atoms with Crippen molar-refractivity contribution in [2.75, 3.05) is 64.6 Å². The van der Waals surface area contributed by atoms with Gasteiger partial charge in [0, 0.05) is 32.3 Å². The molecule has 0 bridgehead atoms. The Bertz CT molecular complexity index is 1870. The van der Waals surface area contributed by atoms with Gasteiger partial charge in [0.1, 0.15) is 11.7 Å². The Labute approximate surface area is 333 Å². The number of likely N-dealkylation sites (tertiary alicyclic amines) is 1. The maximum atomic E-state index is 14.0. The Morgan fingerprint density at radius 1 is 1.04 bits per heavy atom. The summed E-state index contributed by atoms with van der Waals surface area (Å²) in [5, 5.41) is 25.7. The summed E-state index contributed by atoms with van der Waals surface area (Å²) in [6.07, 6.45) is 1.30. The van der Waals surface area contributed by atoms with Gasteiger partial charge < -0.3 is 35.1 Å². The lowest BCUT2D eigenvalue weighted by Crippen LogP contribution is -2.56. The lowest BCUT2D eigenvalue weighted by atomic mass is 9.85. The number of anilines is 1. The molecule has 0 radical (unpaired) electrons. The molecule has 4 rings (SSSR count). The van der Waals surface area contributed by atoms with Gasteiger partial charge in [0.25, 0.3) is 5.69 Å². The van der Waals surface area contributed by atoms with Crippen molar-refractivity contribution in [3.63, 3.8) is 0 Å². The molecular formula is C38H55N7O9S2. The number of sulfonamides is 1. The lowest BCUT2D eigenvalue weighted by molar-refractivity contribution is -0.384. The van der Waals surface area contributed by atoms with Gasteiger partial charge in [0.05, 0.1) is 65.0 Å². The molecule has 0 aliphatic carbocycles. The third-order valence-corrected chi connectivity index (χ3v) is 11.1. The number of nitrogens with two attached hydrogens (primary N) is 1. The normalized spacial score (nSPS) is 16.5. The topological polar surface area (TPSA) is 217 Å². The second-order valence-corrected chi connectivity index (χ2v) is 17.3. The summed E-state index contributed by atoms with van der Waals surface area (Å²) in [6, 6.07) is 10.5. The van der Waals surface area contributed by atoms with E-state index in [1.165, 1.54) is 12.1 Å². The summed E-state index contributed by atoms with van der Waals surface area (Å²) in [5.41, 5.74) is 4.29. The number of rotatable bonds is 22. The first-order valence-electron chi connectivity index (χ1n) is 18.7. The van der Waals surface area contributed by atoms with Crippen molar-refractivity contribution < 1.29 is 37.1 Å². The van der Waals surface area contributed by atoms with Gasteiger partial charge in [-0.15, -0.1) is 11.3 Å². The van der Waals surface area contributed by atoms with Crippen LogP contribution in [-0.2, 0) is 40.4 Å². The van der Waals surface area contributed by atoms with Crippen LogP contribution in [0.3, 0.4) is 0 Å². The number of nitro benzene ring substituents is 1. The number of amides is 2. The van der Waals surface area contributed by atoms with Gasteiger partial charge in [0.2, 0.25) is 21.8 Å². The molecule has 1 aliphatic heterocycles. The summed E-state index contributed by atoms with van der Waals surface area (Å²) in [5.74, 6) is -0.00357. The van der Waals surface area contributed by atoms with Gasteiger partial charge in [-0.05, 0) is 60.9 Å². The minimum atomic E-state index is -4.06.